The first-order valence-electron chi connectivity index (χ1n) is 7.43. The fraction of sp³-hybridized carbons (Fsp3) is 0.933. The molecule has 2 unspecified atom stereocenters. The lowest BCUT2D eigenvalue weighted by molar-refractivity contribution is -0.149. The minimum atomic E-state index is -0.947. The summed E-state index contributed by atoms with van der Waals surface area (Å²) >= 11 is 0. The second-order valence-corrected chi connectivity index (χ2v) is 6.07. The second kappa shape index (κ2) is 9.32. The topological polar surface area (TPSA) is 64.8 Å². The van der Waals surface area contributed by atoms with Gasteiger partial charge in [0, 0.05) is 26.2 Å². The number of rotatable bonds is 10. The van der Waals surface area contributed by atoms with E-state index in [9.17, 15) is 4.79 Å². The van der Waals surface area contributed by atoms with Gasteiger partial charge in [0.05, 0.1) is 13.2 Å². The van der Waals surface area contributed by atoms with Gasteiger partial charge in [-0.25, -0.2) is 0 Å². The van der Waals surface area contributed by atoms with Gasteiger partial charge >= 0.3 is 5.97 Å². The minimum absolute atomic E-state index is 0.201. The van der Waals surface area contributed by atoms with E-state index in [2.05, 4.69) is 25.7 Å². The van der Waals surface area contributed by atoms with Crippen molar-refractivity contribution in [3.05, 3.63) is 0 Å². The Morgan fingerprint density at radius 3 is 2.40 bits per heavy atom. The van der Waals surface area contributed by atoms with Crippen LogP contribution < -0.4 is 5.73 Å². The van der Waals surface area contributed by atoms with Crippen LogP contribution in [-0.4, -0.2) is 55.9 Å². The maximum Gasteiger partial charge on any atom is 0.325 e. The van der Waals surface area contributed by atoms with Crippen LogP contribution in [0.4, 0.5) is 0 Å². The molecular weight excluding hydrogens is 256 g/mol. The van der Waals surface area contributed by atoms with Gasteiger partial charge in [-0.15, -0.1) is 0 Å². The maximum absolute atomic E-state index is 11.9. The predicted octanol–water partition coefficient (Wildman–Crippen LogP) is 1.65. The summed E-state index contributed by atoms with van der Waals surface area (Å²) in [6.45, 7) is 12.8. The molecule has 5 heteroatoms. The number of methoxy groups -OCH3 is 1. The van der Waals surface area contributed by atoms with Crippen LogP contribution in [0, 0.1) is 5.92 Å². The van der Waals surface area contributed by atoms with E-state index in [1.807, 2.05) is 0 Å². The maximum atomic E-state index is 11.9. The molecule has 0 heterocycles. The standard InChI is InChI=1S/C15H32N2O3/c1-7-20-14(18)15(5,16)10-13(4)17(8-9-19-6)11-12(2)3/h12-13H,7-11,16H2,1-6H3. The van der Waals surface area contributed by atoms with E-state index >= 15 is 0 Å². The summed E-state index contributed by atoms with van der Waals surface area (Å²) in [6.07, 6.45) is 0.572. The summed E-state index contributed by atoms with van der Waals surface area (Å²) in [5, 5.41) is 0. The molecule has 120 valence electrons. The Balaban J connectivity index is 4.63. The van der Waals surface area contributed by atoms with Crippen LogP contribution in [0.2, 0.25) is 0 Å². The monoisotopic (exact) mass is 288 g/mol. The first-order valence-corrected chi connectivity index (χ1v) is 7.43. The van der Waals surface area contributed by atoms with Gasteiger partial charge in [0.1, 0.15) is 5.54 Å². The molecule has 5 nitrogen and oxygen atoms in total. The van der Waals surface area contributed by atoms with E-state index < -0.39 is 5.54 Å². The molecule has 0 aromatic carbocycles. The molecule has 0 rings (SSSR count). The summed E-state index contributed by atoms with van der Waals surface area (Å²) in [6, 6.07) is 0.201. The number of hydrogen-bond donors (Lipinski definition) is 1. The van der Waals surface area contributed by atoms with Crippen molar-refractivity contribution in [1.29, 1.82) is 0 Å². The molecule has 20 heavy (non-hydrogen) atoms. The summed E-state index contributed by atoms with van der Waals surface area (Å²) in [7, 11) is 1.70. The minimum Gasteiger partial charge on any atom is -0.465 e. The zero-order valence-corrected chi connectivity index (χ0v) is 13.9. The normalized spacial score (nSPS) is 16.2. The Kier molecular flexibility index (Phi) is 9.01. The van der Waals surface area contributed by atoms with E-state index in [0.717, 1.165) is 13.1 Å². The molecule has 0 bridgehead atoms. The Hall–Kier alpha value is -0.650. The molecule has 0 aliphatic rings. The van der Waals surface area contributed by atoms with Gasteiger partial charge in [-0.3, -0.25) is 9.69 Å². The third-order valence-corrected chi connectivity index (χ3v) is 3.27. The van der Waals surface area contributed by atoms with E-state index in [-0.39, 0.29) is 12.0 Å². The van der Waals surface area contributed by atoms with Crippen LogP contribution in [-0.2, 0) is 14.3 Å². The van der Waals surface area contributed by atoms with Gasteiger partial charge in [0.25, 0.3) is 0 Å². The third-order valence-electron chi connectivity index (χ3n) is 3.27. The molecule has 0 saturated heterocycles. The Morgan fingerprint density at radius 2 is 1.95 bits per heavy atom. The largest absolute Gasteiger partial charge is 0.465 e. The molecule has 0 fully saturated rings. The number of carbonyl (C=O) groups excluding carboxylic acids is 1. The molecule has 0 saturated carbocycles. The first kappa shape index (κ1) is 19.4. The Morgan fingerprint density at radius 1 is 1.35 bits per heavy atom. The molecule has 0 spiro atoms. The lowest BCUT2D eigenvalue weighted by Gasteiger charge is -2.34. The van der Waals surface area contributed by atoms with Crippen molar-refractivity contribution in [2.24, 2.45) is 11.7 Å². The highest BCUT2D eigenvalue weighted by atomic mass is 16.5. The van der Waals surface area contributed by atoms with Crippen LogP contribution in [0.5, 0.6) is 0 Å². The highest BCUT2D eigenvalue weighted by Gasteiger charge is 2.33. The highest BCUT2D eigenvalue weighted by Crippen LogP contribution is 2.17. The van der Waals surface area contributed by atoms with Crippen molar-refractivity contribution in [3.8, 4) is 0 Å². The van der Waals surface area contributed by atoms with Crippen molar-refractivity contribution in [1.82, 2.24) is 4.90 Å². The molecule has 0 aliphatic heterocycles. The summed E-state index contributed by atoms with van der Waals surface area (Å²) in [4.78, 5) is 14.2. The smallest absolute Gasteiger partial charge is 0.325 e. The predicted molar refractivity (Wildman–Crippen MR) is 81.6 cm³/mol. The zero-order chi connectivity index (χ0) is 15.8. The van der Waals surface area contributed by atoms with Crippen LogP contribution in [0.25, 0.3) is 0 Å². The lowest BCUT2D eigenvalue weighted by atomic mass is 9.93. The highest BCUT2D eigenvalue weighted by molar-refractivity contribution is 5.80. The van der Waals surface area contributed by atoms with Gasteiger partial charge in [0.2, 0.25) is 0 Å². The Bertz CT molecular complexity index is 280. The number of nitrogens with zero attached hydrogens (tertiary/aromatic N) is 1. The number of carbonyl (C=O) groups is 1. The first-order chi connectivity index (χ1) is 9.24. The van der Waals surface area contributed by atoms with Crippen molar-refractivity contribution < 1.29 is 14.3 Å². The number of hydrogen-bond acceptors (Lipinski definition) is 5. The summed E-state index contributed by atoms with van der Waals surface area (Å²) < 4.78 is 10.2. The van der Waals surface area contributed by atoms with Gasteiger partial charge in [0.15, 0.2) is 0 Å². The molecule has 2 N–H and O–H groups in total. The SMILES string of the molecule is CCOC(=O)C(C)(N)CC(C)N(CCOC)CC(C)C. The van der Waals surface area contributed by atoms with Gasteiger partial charge in [-0.05, 0) is 33.1 Å². The van der Waals surface area contributed by atoms with Crippen LogP contribution in [0.15, 0.2) is 0 Å². The second-order valence-electron chi connectivity index (χ2n) is 6.07. The number of ether oxygens (including phenoxy) is 2. The van der Waals surface area contributed by atoms with E-state index in [1.165, 1.54) is 0 Å². The molecule has 0 amide bonds. The summed E-state index contributed by atoms with van der Waals surface area (Å²) in [5.74, 6) is 0.226. The van der Waals surface area contributed by atoms with E-state index in [4.69, 9.17) is 15.2 Å². The van der Waals surface area contributed by atoms with Crippen LogP contribution in [0.3, 0.4) is 0 Å². The summed E-state index contributed by atoms with van der Waals surface area (Å²) in [5.41, 5.74) is 5.17. The van der Waals surface area contributed by atoms with Crippen molar-refractivity contribution in [2.75, 3.05) is 33.4 Å². The van der Waals surface area contributed by atoms with Gasteiger partial charge in [-0.1, -0.05) is 13.8 Å². The van der Waals surface area contributed by atoms with E-state index in [1.54, 1.807) is 21.0 Å². The van der Waals surface area contributed by atoms with E-state index in [0.29, 0.717) is 25.6 Å². The molecule has 0 aromatic heterocycles. The molecular formula is C15H32N2O3. The average Bonchev–Trinajstić information content (AvgIpc) is 2.33. The number of esters is 1. The zero-order valence-electron chi connectivity index (χ0n) is 13.9. The average molecular weight is 288 g/mol. The lowest BCUT2D eigenvalue weighted by Crippen LogP contribution is -2.52. The van der Waals surface area contributed by atoms with Crippen molar-refractivity contribution in [2.45, 2.75) is 52.6 Å². The van der Waals surface area contributed by atoms with Crippen LogP contribution >= 0.6 is 0 Å². The third kappa shape index (κ3) is 7.22. The van der Waals surface area contributed by atoms with Gasteiger partial charge < -0.3 is 15.2 Å². The Labute approximate surface area is 123 Å². The molecule has 0 aromatic rings. The molecule has 0 aliphatic carbocycles. The fourth-order valence-corrected chi connectivity index (χ4v) is 2.29. The van der Waals surface area contributed by atoms with Crippen molar-refractivity contribution in [3.63, 3.8) is 0 Å². The van der Waals surface area contributed by atoms with Crippen molar-refractivity contribution >= 4 is 5.97 Å². The molecule has 0 radical (unpaired) electrons. The van der Waals surface area contributed by atoms with Gasteiger partial charge in [-0.2, -0.15) is 0 Å². The quantitative estimate of drug-likeness (QED) is 0.619. The molecule has 2 atom stereocenters. The fourth-order valence-electron chi connectivity index (χ4n) is 2.29. The van der Waals surface area contributed by atoms with Crippen LogP contribution in [0.1, 0.15) is 41.0 Å². The number of nitrogens with two attached hydrogens (primary N) is 1.